The van der Waals surface area contributed by atoms with Gasteiger partial charge in [-0.25, -0.2) is 4.39 Å². The number of hydrogen-bond acceptors (Lipinski definition) is 2. The van der Waals surface area contributed by atoms with Crippen LogP contribution in [0, 0.1) is 5.82 Å². The molecule has 0 atom stereocenters. The first-order valence-corrected chi connectivity index (χ1v) is 7.15. The number of benzene rings is 1. The third kappa shape index (κ3) is 2.39. The summed E-state index contributed by atoms with van der Waals surface area (Å²) in [4.78, 5) is 11.9. The molecule has 1 aromatic carbocycles. The molecule has 0 radical (unpaired) electrons. The van der Waals surface area contributed by atoms with Gasteiger partial charge in [0.2, 0.25) is 0 Å². The number of rotatable bonds is 4. The van der Waals surface area contributed by atoms with Crippen molar-refractivity contribution in [3.8, 4) is 5.75 Å². The van der Waals surface area contributed by atoms with Gasteiger partial charge in [-0.3, -0.25) is 4.79 Å². The Morgan fingerprint density at radius 3 is 2.50 bits per heavy atom. The topological polar surface area (TPSA) is 46.5 Å². The van der Waals surface area contributed by atoms with E-state index in [2.05, 4.69) is 0 Å². The third-order valence-electron chi connectivity index (χ3n) is 4.38. The largest absolute Gasteiger partial charge is 0.496 e. The van der Waals surface area contributed by atoms with E-state index >= 15 is 0 Å². The number of methoxy groups -OCH3 is 1. The summed E-state index contributed by atoms with van der Waals surface area (Å²) in [6.45, 7) is 1.94. The lowest BCUT2D eigenvalue weighted by molar-refractivity contribution is -0.145. The molecule has 1 aliphatic carbocycles. The standard InChI is InChI=1S/C16H21FO3/c1-3-12-13(9-11(17)10-14(12)20-2)16(15(18)19)7-5-4-6-8-16/h9-10H,3-8H2,1-2H3,(H,18,19). The van der Waals surface area contributed by atoms with Gasteiger partial charge >= 0.3 is 5.97 Å². The van der Waals surface area contributed by atoms with Gasteiger partial charge in [-0.15, -0.1) is 0 Å². The molecule has 20 heavy (non-hydrogen) atoms. The van der Waals surface area contributed by atoms with Gasteiger partial charge in [0.15, 0.2) is 0 Å². The summed E-state index contributed by atoms with van der Waals surface area (Å²) in [5.74, 6) is -0.825. The number of carboxylic acid groups (broad SMARTS) is 1. The number of hydrogen-bond donors (Lipinski definition) is 1. The minimum Gasteiger partial charge on any atom is -0.496 e. The molecule has 0 aliphatic heterocycles. The molecule has 0 aromatic heterocycles. The van der Waals surface area contributed by atoms with Crippen LogP contribution in [0.5, 0.6) is 5.75 Å². The van der Waals surface area contributed by atoms with Gasteiger partial charge < -0.3 is 9.84 Å². The van der Waals surface area contributed by atoms with Crippen LogP contribution in [0.4, 0.5) is 4.39 Å². The highest BCUT2D eigenvalue weighted by Gasteiger charge is 2.43. The molecule has 3 nitrogen and oxygen atoms in total. The molecule has 1 aliphatic rings. The van der Waals surface area contributed by atoms with Crippen molar-refractivity contribution < 1.29 is 19.0 Å². The van der Waals surface area contributed by atoms with Crippen molar-refractivity contribution in [2.24, 2.45) is 0 Å². The van der Waals surface area contributed by atoms with Crippen LogP contribution in [0.25, 0.3) is 0 Å². The molecular weight excluding hydrogens is 259 g/mol. The average molecular weight is 280 g/mol. The summed E-state index contributed by atoms with van der Waals surface area (Å²) in [5, 5.41) is 9.75. The lowest BCUT2D eigenvalue weighted by Gasteiger charge is -2.35. The molecule has 0 spiro atoms. The molecule has 0 heterocycles. The molecule has 1 fully saturated rings. The van der Waals surface area contributed by atoms with Gasteiger partial charge in [-0.1, -0.05) is 26.2 Å². The molecule has 0 saturated heterocycles. The maximum absolute atomic E-state index is 13.8. The van der Waals surface area contributed by atoms with E-state index in [9.17, 15) is 14.3 Å². The molecule has 0 unspecified atom stereocenters. The third-order valence-corrected chi connectivity index (χ3v) is 4.38. The Balaban J connectivity index is 2.64. The Labute approximate surface area is 118 Å². The molecule has 1 aromatic rings. The van der Waals surface area contributed by atoms with Crippen molar-refractivity contribution in [1.82, 2.24) is 0 Å². The first kappa shape index (κ1) is 14.8. The predicted octanol–water partition coefficient (Wildman–Crippen LogP) is 3.68. The predicted molar refractivity (Wildman–Crippen MR) is 74.7 cm³/mol. The first-order valence-electron chi connectivity index (χ1n) is 7.15. The Kier molecular flexibility index (Phi) is 4.31. The van der Waals surface area contributed by atoms with E-state index in [0.717, 1.165) is 24.8 Å². The van der Waals surface area contributed by atoms with Crippen LogP contribution in [-0.4, -0.2) is 18.2 Å². The highest BCUT2D eigenvalue weighted by Crippen LogP contribution is 2.43. The van der Waals surface area contributed by atoms with Crippen molar-refractivity contribution in [3.05, 3.63) is 29.1 Å². The Morgan fingerprint density at radius 1 is 1.35 bits per heavy atom. The summed E-state index contributed by atoms with van der Waals surface area (Å²) in [6, 6.07) is 2.72. The zero-order chi connectivity index (χ0) is 14.8. The van der Waals surface area contributed by atoms with Crippen molar-refractivity contribution in [3.63, 3.8) is 0 Å². The molecule has 1 saturated carbocycles. The van der Waals surface area contributed by atoms with Crippen LogP contribution in [0.3, 0.4) is 0 Å². The second-order valence-corrected chi connectivity index (χ2v) is 5.44. The molecule has 0 bridgehead atoms. The normalized spacial score (nSPS) is 17.8. The summed E-state index contributed by atoms with van der Waals surface area (Å²) < 4.78 is 19.1. The fraction of sp³-hybridized carbons (Fsp3) is 0.562. The monoisotopic (exact) mass is 280 g/mol. The highest BCUT2D eigenvalue weighted by molar-refractivity contribution is 5.82. The zero-order valence-electron chi connectivity index (χ0n) is 12.0. The molecule has 4 heteroatoms. The summed E-state index contributed by atoms with van der Waals surface area (Å²) >= 11 is 0. The van der Waals surface area contributed by atoms with E-state index in [-0.39, 0.29) is 0 Å². The lowest BCUT2D eigenvalue weighted by atomic mass is 9.67. The Bertz CT molecular complexity index is 505. The lowest BCUT2D eigenvalue weighted by Crippen LogP contribution is -2.39. The fourth-order valence-electron chi connectivity index (χ4n) is 3.34. The van der Waals surface area contributed by atoms with E-state index in [4.69, 9.17) is 4.74 Å². The number of carbonyl (C=O) groups is 1. The van der Waals surface area contributed by atoms with E-state index in [0.29, 0.717) is 30.6 Å². The SMILES string of the molecule is CCc1c(OC)cc(F)cc1C1(C(=O)O)CCCCC1. The summed E-state index contributed by atoms with van der Waals surface area (Å²) in [7, 11) is 1.49. The van der Waals surface area contributed by atoms with Gasteiger partial charge in [-0.05, 0) is 36.5 Å². The van der Waals surface area contributed by atoms with Gasteiger partial charge in [0.05, 0.1) is 12.5 Å². The minimum atomic E-state index is -0.959. The molecular formula is C16H21FO3. The second-order valence-electron chi connectivity index (χ2n) is 5.44. The van der Waals surface area contributed by atoms with E-state index in [1.807, 2.05) is 6.92 Å². The average Bonchev–Trinajstić information content (AvgIpc) is 2.46. The highest BCUT2D eigenvalue weighted by atomic mass is 19.1. The van der Waals surface area contributed by atoms with E-state index in [1.165, 1.54) is 19.2 Å². The van der Waals surface area contributed by atoms with Gasteiger partial charge in [-0.2, -0.15) is 0 Å². The van der Waals surface area contributed by atoms with Crippen molar-refractivity contribution in [1.29, 1.82) is 0 Å². The summed E-state index contributed by atoms with van der Waals surface area (Å²) in [5.41, 5.74) is 0.459. The maximum Gasteiger partial charge on any atom is 0.314 e. The zero-order valence-corrected chi connectivity index (χ0v) is 12.0. The number of carboxylic acids is 1. The van der Waals surface area contributed by atoms with Crippen LogP contribution in [-0.2, 0) is 16.6 Å². The van der Waals surface area contributed by atoms with Crippen LogP contribution >= 0.6 is 0 Å². The smallest absolute Gasteiger partial charge is 0.314 e. The van der Waals surface area contributed by atoms with Gasteiger partial charge in [0.25, 0.3) is 0 Å². The van der Waals surface area contributed by atoms with Crippen molar-refractivity contribution in [2.75, 3.05) is 7.11 Å². The molecule has 0 amide bonds. The van der Waals surface area contributed by atoms with Gasteiger partial charge in [0, 0.05) is 6.07 Å². The van der Waals surface area contributed by atoms with E-state index < -0.39 is 17.2 Å². The van der Waals surface area contributed by atoms with Crippen LogP contribution in [0.15, 0.2) is 12.1 Å². The minimum absolute atomic E-state index is 0.430. The molecule has 1 N–H and O–H groups in total. The maximum atomic E-state index is 13.8. The van der Waals surface area contributed by atoms with Crippen LogP contribution < -0.4 is 4.74 Å². The number of halogens is 1. The molecule has 110 valence electrons. The number of aliphatic carboxylic acids is 1. The quantitative estimate of drug-likeness (QED) is 0.915. The Hall–Kier alpha value is -1.58. The number of ether oxygens (including phenoxy) is 1. The van der Waals surface area contributed by atoms with E-state index in [1.54, 1.807) is 0 Å². The van der Waals surface area contributed by atoms with Crippen molar-refractivity contribution >= 4 is 5.97 Å². The van der Waals surface area contributed by atoms with Crippen molar-refractivity contribution in [2.45, 2.75) is 50.9 Å². The second kappa shape index (κ2) is 5.81. The van der Waals surface area contributed by atoms with Crippen LogP contribution in [0.2, 0.25) is 0 Å². The molecule has 2 rings (SSSR count). The Morgan fingerprint density at radius 2 is 2.00 bits per heavy atom. The van der Waals surface area contributed by atoms with Crippen LogP contribution in [0.1, 0.15) is 50.2 Å². The first-order chi connectivity index (χ1) is 9.55. The van der Waals surface area contributed by atoms with Gasteiger partial charge in [0.1, 0.15) is 11.6 Å². The fourth-order valence-corrected chi connectivity index (χ4v) is 3.34. The summed E-state index contributed by atoms with van der Waals surface area (Å²) in [6.07, 6.45) is 4.56.